The summed E-state index contributed by atoms with van der Waals surface area (Å²) in [7, 11) is 4.15. The van der Waals surface area contributed by atoms with Gasteiger partial charge in [0, 0.05) is 25.3 Å². The Balaban J connectivity index is 2.03. The highest BCUT2D eigenvalue weighted by molar-refractivity contribution is 6.41. The summed E-state index contributed by atoms with van der Waals surface area (Å²) >= 11 is 11.6. The SMILES string of the molecule is CN(C)C1CCN(C(=O)c2cnc(Cl)c(Cl)c2)CC1. The number of aromatic nitrogens is 1. The summed E-state index contributed by atoms with van der Waals surface area (Å²) in [5.41, 5.74) is 0.498. The molecular formula is C13H17Cl2N3O. The number of pyridine rings is 1. The third-order valence-electron chi connectivity index (χ3n) is 3.53. The van der Waals surface area contributed by atoms with Gasteiger partial charge in [-0.25, -0.2) is 4.98 Å². The van der Waals surface area contributed by atoms with Crippen molar-refractivity contribution in [1.82, 2.24) is 14.8 Å². The number of piperidine rings is 1. The Bertz CT molecular complexity index is 471. The molecule has 0 bridgehead atoms. The summed E-state index contributed by atoms with van der Waals surface area (Å²) < 4.78 is 0. The molecule has 1 aromatic heterocycles. The Morgan fingerprint density at radius 1 is 1.37 bits per heavy atom. The fraction of sp³-hybridized carbons (Fsp3) is 0.538. The molecule has 4 nitrogen and oxygen atoms in total. The van der Waals surface area contributed by atoms with Gasteiger partial charge in [0.1, 0.15) is 5.15 Å². The molecule has 1 fully saturated rings. The fourth-order valence-electron chi connectivity index (χ4n) is 2.31. The van der Waals surface area contributed by atoms with Crippen LogP contribution in [-0.2, 0) is 0 Å². The van der Waals surface area contributed by atoms with E-state index in [1.807, 2.05) is 4.90 Å². The summed E-state index contributed by atoms with van der Waals surface area (Å²) in [6.45, 7) is 1.53. The minimum Gasteiger partial charge on any atom is -0.338 e. The van der Waals surface area contributed by atoms with Crippen molar-refractivity contribution in [3.05, 3.63) is 28.0 Å². The van der Waals surface area contributed by atoms with Crippen molar-refractivity contribution in [2.24, 2.45) is 0 Å². The molecule has 0 aromatic carbocycles. The van der Waals surface area contributed by atoms with Crippen molar-refractivity contribution < 1.29 is 4.79 Å². The van der Waals surface area contributed by atoms with Gasteiger partial charge in [-0.3, -0.25) is 4.79 Å². The third kappa shape index (κ3) is 3.38. The Kier molecular flexibility index (Phi) is 4.66. The molecular weight excluding hydrogens is 285 g/mol. The van der Waals surface area contributed by atoms with Gasteiger partial charge in [0.15, 0.2) is 0 Å². The maximum Gasteiger partial charge on any atom is 0.255 e. The lowest BCUT2D eigenvalue weighted by Gasteiger charge is -2.35. The van der Waals surface area contributed by atoms with E-state index in [4.69, 9.17) is 23.2 Å². The number of hydrogen-bond donors (Lipinski definition) is 0. The minimum absolute atomic E-state index is 0.0247. The van der Waals surface area contributed by atoms with Gasteiger partial charge >= 0.3 is 0 Å². The van der Waals surface area contributed by atoms with Crippen LogP contribution < -0.4 is 0 Å². The van der Waals surface area contributed by atoms with Crippen molar-refractivity contribution in [2.45, 2.75) is 18.9 Å². The summed E-state index contributed by atoms with van der Waals surface area (Å²) in [5, 5.41) is 0.542. The Morgan fingerprint density at radius 3 is 2.53 bits per heavy atom. The number of likely N-dealkylation sites (tertiary alicyclic amines) is 1. The average Bonchev–Trinajstić information content (AvgIpc) is 2.41. The predicted octanol–water partition coefficient (Wildman–Crippen LogP) is 2.55. The van der Waals surface area contributed by atoms with E-state index in [-0.39, 0.29) is 11.1 Å². The normalized spacial score (nSPS) is 17.0. The molecule has 0 aliphatic carbocycles. The van der Waals surface area contributed by atoms with Crippen LogP contribution in [0.2, 0.25) is 10.2 Å². The molecule has 1 amide bonds. The van der Waals surface area contributed by atoms with Crippen LogP contribution in [0.3, 0.4) is 0 Å². The van der Waals surface area contributed by atoms with Gasteiger partial charge in [-0.05, 0) is 33.0 Å². The molecule has 0 spiro atoms. The number of carbonyl (C=O) groups is 1. The number of halogens is 2. The quantitative estimate of drug-likeness (QED) is 0.788. The first-order valence-electron chi connectivity index (χ1n) is 6.26. The second kappa shape index (κ2) is 6.07. The van der Waals surface area contributed by atoms with Crippen LogP contribution in [0.5, 0.6) is 0 Å². The third-order valence-corrected chi connectivity index (χ3v) is 4.21. The van der Waals surface area contributed by atoms with E-state index in [0.717, 1.165) is 25.9 Å². The first kappa shape index (κ1) is 14.6. The summed E-state index contributed by atoms with van der Waals surface area (Å²) in [6, 6.07) is 2.13. The van der Waals surface area contributed by atoms with E-state index < -0.39 is 0 Å². The summed E-state index contributed by atoms with van der Waals surface area (Å²) in [4.78, 5) is 20.3. The number of carbonyl (C=O) groups excluding carboxylic acids is 1. The molecule has 0 saturated carbocycles. The molecule has 0 radical (unpaired) electrons. The minimum atomic E-state index is -0.0247. The van der Waals surface area contributed by atoms with Crippen molar-refractivity contribution in [1.29, 1.82) is 0 Å². The molecule has 0 unspecified atom stereocenters. The van der Waals surface area contributed by atoms with Crippen molar-refractivity contribution in [3.63, 3.8) is 0 Å². The Morgan fingerprint density at radius 2 is 2.00 bits per heavy atom. The molecule has 6 heteroatoms. The van der Waals surface area contributed by atoms with Gasteiger partial charge in [-0.2, -0.15) is 0 Å². The van der Waals surface area contributed by atoms with E-state index in [2.05, 4.69) is 24.0 Å². The average molecular weight is 302 g/mol. The van der Waals surface area contributed by atoms with E-state index in [1.54, 1.807) is 6.07 Å². The number of amides is 1. The van der Waals surface area contributed by atoms with Crippen LogP contribution in [0.15, 0.2) is 12.3 Å². The number of rotatable bonds is 2. The van der Waals surface area contributed by atoms with Crippen molar-refractivity contribution in [3.8, 4) is 0 Å². The predicted molar refractivity (Wildman–Crippen MR) is 76.9 cm³/mol. The zero-order chi connectivity index (χ0) is 14.0. The smallest absolute Gasteiger partial charge is 0.255 e. The topological polar surface area (TPSA) is 36.4 Å². The van der Waals surface area contributed by atoms with Crippen LogP contribution in [0.4, 0.5) is 0 Å². The molecule has 1 aliphatic rings. The molecule has 19 heavy (non-hydrogen) atoms. The second-order valence-corrected chi connectivity index (χ2v) is 5.75. The van der Waals surface area contributed by atoms with E-state index in [9.17, 15) is 4.79 Å². The standard InChI is InChI=1S/C13H17Cl2N3O/c1-17(2)10-3-5-18(6-4-10)13(19)9-7-11(14)12(15)16-8-9/h7-8,10H,3-6H2,1-2H3. The van der Waals surface area contributed by atoms with E-state index in [1.165, 1.54) is 6.20 Å². The van der Waals surface area contributed by atoms with Crippen LogP contribution in [0.25, 0.3) is 0 Å². The summed E-state index contributed by atoms with van der Waals surface area (Å²) in [5.74, 6) is -0.0247. The largest absolute Gasteiger partial charge is 0.338 e. The Labute approximate surface area is 123 Å². The lowest BCUT2D eigenvalue weighted by Crippen LogP contribution is -2.44. The highest BCUT2D eigenvalue weighted by Gasteiger charge is 2.25. The molecule has 1 saturated heterocycles. The first-order chi connectivity index (χ1) is 8.99. The maximum atomic E-state index is 12.3. The van der Waals surface area contributed by atoms with E-state index in [0.29, 0.717) is 16.6 Å². The Hall–Kier alpha value is -0.840. The van der Waals surface area contributed by atoms with Crippen LogP contribution in [0, 0.1) is 0 Å². The zero-order valence-electron chi connectivity index (χ0n) is 11.1. The van der Waals surface area contributed by atoms with Gasteiger partial charge in [-0.1, -0.05) is 23.2 Å². The number of hydrogen-bond acceptors (Lipinski definition) is 3. The van der Waals surface area contributed by atoms with Crippen molar-refractivity contribution in [2.75, 3.05) is 27.2 Å². The van der Waals surface area contributed by atoms with Gasteiger partial charge in [0.2, 0.25) is 0 Å². The van der Waals surface area contributed by atoms with Crippen LogP contribution in [-0.4, -0.2) is 53.9 Å². The lowest BCUT2D eigenvalue weighted by molar-refractivity contribution is 0.0663. The molecule has 104 valence electrons. The van der Waals surface area contributed by atoms with E-state index >= 15 is 0 Å². The van der Waals surface area contributed by atoms with Gasteiger partial charge < -0.3 is 9.80 Å². The van der Waals surface area contributed by atoms with Crippen LogP contribution in [0.1, 0.15) is 23.2 Å². The lowest BCUT2D eigenvalue weighted by atomic mass is 10.0. The van der Waals surface area contributed by atoms with Crippen LogP contribution >= 0.6 is 23.2 Å². The van der Waals surface area contributed by atoms with Gasteiger partial charge in [-0.15, -0.1) is 0 Å². The van der Waals surface area contributed by atoms with Crippen molar-refractivity contribution >= 4 is 29.1 Å². The molecule has 0 atom stereocenters. The molecule has 2 heterocycles. The maximum absolute atomic E-state index is 12.3. The summed E-state index contributed by atoms with van der Waals surface area (Å²) in [6.07, 6.45) is 3.47. The monoisotopic (exact) mass is 301 g/mol. The van der Waals surface area contributed by atoms with Gasteiger partial charge in [0.25, 0.3) is 5.91 Å². The molecule has 2 rings (SSSR count). The molecule has 1 aliphatic heterocycles. The molecule has 1 aromatic rings. The highest BCUT2D eigenvalue weighted by atomic mass is 35.5. The zero-order valence-corrected chi connectivity index (χ0v) is 12.6. The molecule has 0 N–H and O–H groups in total. The fourth-order valence-corrected chi connectivity index (χ4v) is 2.58. The first-order valence-corrected chi connectivity index (χ1v) is 7.01. The number of nitrogens with zero attached hydrogens (tertiary/aromatic N) is 3. The second-order valence-electron chi connectivity index (χ2n) is 4.98. The highest BCUT2D eigenvalue weighted by Crippen LogP contribution is 2.22. The van der Waals surface area contributed by atoms with Gasteiger partial charge in [0.05, 0.1) is 10.6 Å².